The van der Waals surface area contributed by atoms with Crippen LogP contribution in [0.1, 0.15) is 15.9 Å². The van der Waals surface area contributed by atoms with Crippen molar-refractivity contribution in [3.8, 4) is 0 Å². The van der Waals surface area contributed by atoms with Gasteiger partial charge in [-0.25, -0.2) is 4.98 Å². The summed E-state index contributed by atoms with van der Waals surface area (Å²) in [5.74, 6) is -0.157. The average Bonchev–Trinajstić information content (AvgIpc) is 2.97. The van der Waals surface area contributed by atoms with Gasteiger partial charge in [0.05, 0.1) is 24.0 Å². The van der Waals surface area contributed by atoms with Crippen LogP contribution in [-0.4, -0.2) is 23.0 Å². The topological polar surface area (TPSA) is 67.0 Å². The van der Waals surface area contributed by atoms with Gasteiger partial charge in [-0.1, -0.05) is 18.2 Å². The van der Waals surface area contributed by atoms with E-state index in [0.717, 1.165) is 22.3 Å². The first-order valence-electron chi connectivity index (χ1n) is 6.59. The van der Waals surface area contributed by atoms with Crippen molar-refractivity contribution >= 4 is 22.6 Å². The molecule has 0 aliphatic carbocycles. The second-order valence-corrected chi connectivity index (χ2v) is 4.68. The van der Waals surface area contributed by atoms with Crippen LogP contribution in [0.5, 0.6) is 0 Å². The lowest BCUT2D eigenvalue weighted by Crippen LogP contribution is -2.13. The molecule has 0 saturated heterocycles. The summed E-state index contributed by atoms with van der Waals surface area (Å²) in [5.41, 5.74) is 3.96. The van der Waals surface area contributed by atoms with E-state index in [2.05, 4.69) is 15.3 Å². The van der Waals surface area contributed by atoms with Gasteiger partial charge in [-0.3, -0.25) is 4.79 Å². The summed E-state index contributed by atoms with van der Waals surface area (Å²) < 4.78 is 5.14. The van der Waals surface area contributed by atoms with Gasteiger partial charge in [0, 0.05) is 23.9 Å². The van der Waals surface area contributed by atoms with E-state index in [0.29, 0.717) is 12.2 Å². The van der Waals surface area contributed by atoms with Crippen LogP contribution in [-0.2, 0) is 11.3 Å². The second-order valence-electron chi connectivity index (χ2n) is 4.68. The van der Waals surface area contributed by atoms with Crippen molar-refractivity contribution in [2.45, 2.75) is 6.61 Å². The molecule has 5 heteroatoms. The first kappa shape index (κ1) is 13.3. The fourth-order valence-corrected chi connectivity index (χ4v) is 2.19. The zero-order valence-corrected chi connectivity index (χ0v) is 11.6. The summed E-state index contributed by atoms with van der Waals surface area (Å²) in [4.78, 5) is 19.5. The number of ether oxygens (including phenoxy) is 1. The molecular formula is C16H15N3O2. The quantitative estimate of drug-likeness (QED) is 0.772. The smallest absolute Gasteiger partial charge is 0.255 e. The van der Waals surface area contributed by atoms with Crippen molar-refractivity contribution in [1.82, 2.24) is 9.97 Å². The molecular weight excluding hydrogens is 266 g/mol. The Hall–Kier alpha value is -2.66. The number of carbonyl (C=O) groups is 1. The molecule has 1 amide bonds. The Morgan fingerprint density at radius 2 is 2.14 bits per heavy atom. The number of imidazole rings is 1. The number of fused-ring (bicyclic) bond motifs is 1. The number of amides is 1. The largest absolute Gasteiger partial charge is 0.380 e. The lowest BCUT2D eigenvalue weighted by atomic mass is 10.1. The Morgan fingerprint density at radius 3 is 3.00 bits per heavy atom. The summed E-state index contributed by atoms with van der Waals surface area (Å²) in [5, 5.41) is 2.92. The van der Waals surface area contributed by atoms with Gasteiger partial charge in [-0.2, -0.15) is 0 Å². The second kappa shape index (κ2) is 5.76. The predicted molar refractivity (Wildman–Crippen MR) is 81.2 cm³/mol. The molecule has 0 radical (unpaired) electrons. The summed E-state index contributed by atoms with van der Waals surface area (Å²) in [6, 6.07) is 13.0. The molecule has 21 heavy (non-hydrogen) atoms. The van der Waals surface area contributed by atoms with Crippen LogP contribution in [0, 0.1) is 0 Å². The molecule has 5 nitrogen and oxygen atoms in total. The van der Waals surface area contributed by atoms with E-state index in [1.54, 1.807) is 25.6 Å². The molecule has 0 aliphatic rings. The molecule has 0 atom stereocenters. The van der Waals surface area contributed by atoms with Crippen LogP contribution in [0.15, 0.2) is 48.8 Å². The first-order valence-corrected chi connectivity index (χ1v) is 6.59. The van der Waals surface area contributed by atoms with E-state index in [9.17, 15) is 4.79 Å². The zero-order valence-electron chi connectivity index (χ0n) is 11.6. The SMILES string of the molecule is COCc1ccccc1NC(=O)c1ccc2nc[nH]c2c1. The molecule has 1 heterocycles. The minimum absolute atomic E-state index is 0.157. The minimum Gasteiger partial charge on any atom is -0.380 e. The van der Waals surface area contributed by atoms with Gasteiger partial charge in [0.25, 0.3) is 5.91 Å². The third-order valence-corrected chi connectivity index (χ3v) is 3.25. The number of hydrogen-bond acceptors (Lipinski definition) is 3. The maximum Gasteiger partial charge on any atom is 0.255 e. The van der Waals surface area contributed by atoms with Crippen LogP contribution in [0.3, 0.4) is 0 Å². The Labute approximate surface area is 122 Å². The number of rotatable bonds is 4. The summed E-state index contributed by atoms with van der Waals surface area (Å²) in [6.45, 7) is 0.454. The number of anilines is 1. The van der Waals surface area contributed by atoms with Gasteiger partial charge in [0.15, 0.2) is 0 Å². The molecule has 1 aromatic heterocycles. The van der Waals surface area contributed by atoms with Gasteiger partial charge in [0.2, 0.25) is 0 Å². The van der Waals surface area contributed by atoms with Crippen molar-refractivity contribution < 1.29 is 9.53 Å². The van der Waals surface area contributed by atoms with Crippen molar-refractivity contribution in [3.05, 3.63) is 59.9 Å². The van der Waals surface area contributed by atoms with E-state index in [4.69, 9.17) is 4.74 Å². The number of methoxy groups -OCH3 is 1. The Morgan fingerprint density at radius 1 is 1.29 bits per heavy atom. The van der Waals surface area contributed by atoms with Gasteiger partial charge < -0.3 is 15.0 Å². The summed E-state index contributed by atoms with van der Waals surface area (Å²) in [6.07, 6.45) is 1.61. The van der Waals surface area contributed by atoms with Crippen molar-refractivity contribution in [3.63, 3.8) is 0 Å². The number of hydrogen-bond donors (Lipinski definition) is 2. The van der Waals surface area contributed by atoms with E-state index in [-0.39, 0.29) is 5.91 Å². The fourth-order valence-electron chi connectivity index (χ4n) is 2.19. The molecule has 2 aromatic carbocycles. The Bertz CT molecular complexity index is 780. The highest BCUT2D eigenvalue weighted by molar-refractivity contribution is 6.06. The van der Waals surface area contributed by atoms with E-state index in [1.165, 1.54) is 0 Å². The van der Waals surface area contributed by atoms with Gasteiger partial charge in [-0.05, 0) is 24.3 Å². The van der Waals surface area contributed by atoms with Crippen LogP contribution >= 0.6 is 0 Å². The fraction of sp³-hybridized carbons (Fsp3) is 0.125. The number of aromatic amines is 1. The number of carbonyl (C=O) groups excluding carboxylic acids is 1. The number of nitrogens with zero attached hydrogens (tertiary/aromatic N) is 1. The number of aromatic nitrogens is 2. The molecule has 0 fully saturated rings. The van der Waals surface area contributed by atoms with Crippen molar-refractivity contribution in [2.75, 3.05) is 12.4 Å². The van der Waals surface area contributed by atoms with Crippen molar-refractivity contribution in [1.29, 1.82) is 0 Å². The van der Waals surface area contributed by atoms with Crippen molar-refractivity contribution in [2.24, 2.45) is 0 Å². The third-order valence-electron chi connectivity index (χ3n) is 3.25. The van der Waals surface area contributed by atoms with E-state index >= 15 is 0 Å². The lowest BCUT2D eigenvalue weighted by molar-refractivity contribution is 0.102. The molecule has 0 spiro atoms. The highest BCUT2D eigenvalue weighted by atomic mass is 16.5. The minimum atomic E-state index is -0.157. The molecule has 3 rings (SSSR count). The van der Waals surface area contributed by atoms with E-state index < -0.39 is 0 Å². The third kappa shape index (κ3) is 2.78. The average molecular weight is 281 g/mol. The molecule has 0 unspecified atom stereocenters. The molecule has 3 aromatic rings. The zero-order chi connectivity index (χ0) is 14.7. The number of H-pyrrole nitrogens is 1. The standard InChI is InChI=1S/C16H15N3O2/c1-21-9-12-4-2-3-5-13(12)19-16(20)11-6-7-14-15(8-11)18-10-17-14/h2-8,10H,9H2,1H3,(H,17,18)(H,19,20). The maximum absolute atomic E-state index is 12.3. The van der Waals surface area contributed by atoms with Gasteiger partial charge in [0.1, 0.15) is 0 Å². The first-order chi connectivity index (χ1) is 10.3. The van der Waals surface area contributed by atoms with Crippen LogP contribution < -0.4 is 5.32 Å². The highest BCUT2D eigenvalue weighted by Crippen LogP contribution is 2.18. The summed E-state index contributed by atoms with van der Waals surface area (Å²) in [7, 11) is 1.63. The number of nitrogens with one attached hydrogen (secondary N) is 2. The molecule has 0 saturated carbocycles. The number of para-hydroxylation sites is 1. The highest BCUT2D eigenvalue weighted by Gasteiger charge is 2.10. The normalized spacial score (nSPS) is 10.7. The van der Waals surface area contributed by atoms with Gasteiger partial charge in [-0.15, -0.1) is 0 Å². The number of benzene rings is 2. The predicted octanol–water partition coefficient (Wildman–Crippen LogP) is 2.96. The monoisotopic (exact) mass is 281 g/mol. The van der Waals surface area contributed by atoms with Crippen LogP contribution in [0.2, 0.25) is 0 Å². The summed E-state index contributed by atoms with van der Waals surface area (Å²) >= 11 is 0. The molecule has 2 N–H and O–H groups in total. The van der Waals surface area contributed by atoms with E-state index in [1.807, 2.05) is 30.3 Å². The van der Waals surface area contributed by atoms with Gasteiger partial charge >= 0.3 is 0 Å². The Balaban J connectivity index is 1.85. The lowest BCUT2D eigenvalue weighted by Gasteiger charge is -2.10. The van der Waals surface area contributed by atoms with Crippen LogP contribution in [0.4, 0.5) is 5.69 Å². The van der Waals surface area contributed by atoms with Crippen LogP contribution in [0.25, 0.3) is 11.0 Å². The molecule has 0 aliphatic heterocycles. The Kier molecular flexibility index (Phi) is 3.66. The molecule has 106 valence electrons. The maximum atomic E-state index is 12.3. The molecule has 0 bridgehead atoms.